The number of halogens is 1. The summed E-state index contributed by atoms with van der Waals surface area (Å²) in [7, 11) is 0. The molecule has 2 aromatic carbocycles. The summed E-state index contributed by atoms with van der Waals surface area (Å²) in [5.41, 5.74) is 2.76. The van der Waals surface area contributed by atoms with Crippen LogP contribution in [0, 0.1) is 0 Å². The number of amides is 1. The number of rotatable bonds is 4. The van der Waals surface area contributed by atoms with E-state index in [1.165, 1.54) is 0 Å². The van der Waals surface area contributed by atoms with Crippen LogP contribution in [-0.4, -0.2) is 37.2 Å². The Balaban J connectivity index is 1.60. The fourth-order valence-corrected chi connectivity index (χ4v) is 3.68. The first-order valence-corrected chi connectivity index (χ1v) is 10.1. The molecule has 0 spiro atoms. The Labute approximate surface area is 176 Å². The predicted molar refractivity (Wildman–Crippen MR) is 118 cm³/mol. The number of pyridine rings is 1. The van der Waals surface area contributed by atoms with Gasteiger partial charge in [0.1, 0.15) is 5.56 Å². The minimum atomic E-state index is -0.446. The second-order valence-corrected chi connectivity index (χ2v) is 7.61. The molecule has 4 rings (SSSR count). The number of aromatic nitrogens is 1. The summed E-state index contributed by atoms with van der Waals surface area (Å²) in [5, 5.41) is 2.89. The van der Waals surface area contributed by atoms with E-state index in [0.29, 0.717) is 24.6 Å². The van der Waals surface area contributed by atoms with Crippen LogP contribution >= 0.6 is 15.9 Å². The molecule has 6 nitrogen and oxygen atoms in total. The van der Waals surface area contributed by atoms with Crippen LogP contribution in [0.5, 0.6) is 0 Å². The topological polar surface area (TPSA) is 74.4 Å². The molecule has 29 heavy (non-hydrogen) atoms. The highest BCUT2D eigenvalue weighted by molar-refractivity contribution is 9.10. The Bertz CT molecular complexity index is 1080. The number of carbonyl (C=O) groups excluding carboxylic acids is 1. The van der Waals surface area contributed by atoms with E-state index >= 15 is 0 Å². The minimum Gasteiger partial charge on any atom is -0.378 e. The Morgan fingerprint density at radius 1 is 1.03 bits per heavy atom. The Morgan fingerprint density at radius 3 is 2.52 bits per heavy atom. The molecule has 0 atom stereocenters. The van der Waals surface area contributed by atoms with E-state index in [9.17, 15) is 9.59 Å². The van der Waals surface area contributed by atoms with Crippen molar-refractivity contribution in [2.45, 2.75) is 0 Å². The third-order valence-electron chi connectivity index (χ3n) is 4.80. The fraction of sp³-hybridized carbons (Fsp3) is 0.182. The number of carbonyl (C=O) groups is 1. The summed E-state index contributed by atoms with van der Waals surface area (Å²) < 4.78 is 6.26. The lowest BCUT2D eigenvalue weighted by Gasteiger charge is -2.30. The number of H-pyrrole nitrogens is 1. The lowest BCUT2D eigenvalue weighted by molar-refractivity contribution is 0.102. The van der Waals surface area contributed by atoms with Gasteiger partial charge in [0.05, 0.1) is 24.6 Å². The Hall–Kier alpha value is -2.90. The number of nitrogens with one attached hydrogen (secondary N) is 2. The maximum atomic E-state index is 12.8. The van der Waals surface area contributed by atoms with E-state index in [2.05, 4.69) is 31.1 Å². The minimum absolute atomic E-state index is 0.0672. The van der Waals surface area contributed by atoms with E-state index in [0.717, 1.165) is 28.8 Å². The van der Waals surface area contributed by atoms with Crippen LogP contribution in [0.1, 0.15) is 10.4 Å². The molecule has 1 aliphatic rings. The van der Waals surface area contributed by atoms with Gasteiger partial charge in [-0.05, 0) is 35.9 Å². The van der Waals surface area contributed by atoms with Crippen molar-refractivity contribution in [3.8, 4) is 11.3 Å². The van der Waals surface area contributed by atoms with Crippen molar-refractivity contribution in [2.24, 2.45) is 0 Å². The zero-order chi connectivity index (χ0) is 20.2. The smallest absolute Gasteiger partial charge is 0.261 e. The number of hydrogen-bond acceptors (Lipinski definition) is 4. The van der Waals surface area contributed by atoms with Gasteiger partial charge in [0, 0.05) is 23.3 Å². The number of morpholine rings is 1. The second kappa shape index (κ2) is 8.63. The predicted octanol–water partition coefficient (Wildman–Crippen LogP) is 3.89. The third-order valence-corrected chi connectivity index (χ3v) is 5.29. The molecule has 1 saturated heterocycles. The first kappa shape index (κ1) is 19.4. The highest BCUT2D eigenvalue weighted by Gasteiger charge is 2.18. The van der Waals surface area contributed by atoms with Crippen molar-refractivity contribution in [3.05, 3.63) is 81.1 Å². The van der Waals surface area contributed by atoms with Crippen LogP contribution < -0.4 is 15.8 Å². The van der Waals surface area contributed by atoms with Crippen molar-refractivity contribution in [1.29, 1.82) is 0 Å². The molecular formula is C22H20BrN3O3. The summed E-state index contributed by atoms with van der Waals surface area (Å²) in [6.07, 6.45) is 0. The Kier molecular flexibility index (Phi) is 5.78. The quantitative estimate of drug-likeness (QED) is 0.628. The molecular weight excluding hydrogens is 434 g/mol. The first-order chi connectivity index (χ1) is 14.1. The van der Waals surface area contributed by atoms with Crippen LogP contribution in [0.25, 0.3) is 11.3 Å². The van der Waals surface area contributed by atoms with E-state index in [1.54, 1.807) is 12.1 Å². The van der Waals surface area contributed by atoms with Crippen molar-refractivity contribution in [2.75, 3.05) is 36.5 Å². The highest BCUT2D eigenvalue weighted by atomic mass is 79.9. The van der Waals surface area contributed by atoms with Crippen LogP contribution in [0.15, 0.2) is 69.9 Å². The molecule has 0 saturated carbocycles. The van der Waals surface area contributed by atoms with Gasteiger partial charge in [0.15, 0.2) is 0 Å². The van der Waals surface area contributed by atoms with E-state index in [-0.39, 0.29) is 5.56 Å². The standard InChI is InChI=1S/C22H20BrN3O3/c23-16-6-9-20(26-10-12-29-13-11-26)19(14-16)25-22(28)17-7-8-18(24-21(17)27)15-4-2-1-3-5-15/h1-9,14H,10-13H2,(H,24,27)(H,25,28). The number of hydrogen-bond donors (Lipinski definition) is 2. The van der Waals surface area contributed by atoms with Gasteiger partial charge in [-0.25, -0.2) is 0 Å². The van der Waals surface area contributed by atoms with Gasteiger partial charge in [0.2, 0.25) is 0 Å². The number of aromatic amines is 1. The van der Waals surface area contributed by atoms with Gasteiger partial charge in [-0.15, -0.1) is 0 Å². The highest BCUT2D eigenvalue weighted by Crippen LogP contribution is 2.30. The average molecular weight is 454 g/mol. The van der Waals surface area contributed by atoms with Crippen LogP contribution in [0.4, 0.5) is 11.4 Å². The second-order valence-electron chi connectivity index (χ2n) is 6.70. The van der Waals surface area contributed by atoms with Gasteiger partial charge < -0.3 is 19.9 Å². The summed E-state index contributed by atoms with van der Waals surface area (Å²) in [6, 6.07) is 18.5. The van der Waals surface area contributed by atoms with Crippen molar-refractivity contribution in [3.63, 3.8) is 0 Å². The molecule has 1 amide bonds. The molecule has 1 aromatic heterocycles. The SMILES string of the molecule is O=C(Nc1cc(Br)ccc1N1CCOCC1)c1ccc(-c2ccccc2)[nH]c1=O. The maximum absolute atomic E-state index is 12.8. The zero-order valence-electron chi connectivity index (χ0n) is 15.7. The average Bonchev–Trinajstić information content (AvgIpc) is 2.75. The largest absolute Gasteiger partial charge is 0.378 e. The molecule has 0 unspecified atom stereocenters. The first-order valence-electron chi connectivity index (χ1n) is 9.34. The molecule has 0 bridgehead atoms. The molecule has 1 fully saturated rings. The van der Waals surface area contributed by atoms with E-state index < -0.39 is 11.5 Å². The third kappa shape index (κ3) is 4.41. The molecule has 2 heterocycles. The van der Waals surface area contributed by atoms with Crippen LogP contribution in [0.3, 0.4) is 0 Å². The molecule has 148 valence electrons. The van der Waals surface area contributed by atoms with Gasteiger partial charge >= 0.3 is 0 Å². The van der Waals surface area contributed by atoms with Gasteiger partial charge in [-0.3, -0.25) is 9.59 Å². The molecule has 0 aliphatic carbocycles. The molecule has 7 heteroatoms. The lowest BCUT2D eigenvalue weighted by Crippen LogP contribution is -2.37. The number of nitrogens with zero attached hydrogens (tertiary/aromatic N) is 1. The summed E-state index contributed by atoms with van der Waals surface area (Å²) in [6.45, 7) is 2.78. The monoisotopic (exact) mass is 453 g/mol. The number of anilines is 2. The van der Waals surface area contributed by atoms with Crippen LogP contribution in [0.2, 0.25) is 0 Å². The lowest BCUT2D eigenvalue weighted by atomic mass is 10.1. The number of benzene rings is 2. The molecule has 1 aliphatic heterocycles. The van der Waals surface area contributed by atoms with Crippen LogP contribution in [-0.2, 0) is 4.74 Å². The Morgan fingerprint density at radius 2 is 1.79 bits per heavy atom. The van der Waals surface area contributed by atoms with Gasteiger partial charge in [0.25, 0.3) is 11.5 Å². The van der Waals surface area contributed by atoms with Crippen molar-refractivity contribution >= 4 is 33.2 Å². The summed E-state index contributed by atoms with van der Waals surface area (Å²) >= 11 is 3.45. The number of ether oxygens (including phenoxy) is 1. The van der Waals surface area contributed by atoms with Gasteiger partial charge in [-0.1, -0.05) is 46.3 Å². The summed E-state index contributed by atoms with van der Waals surface area (Å²) in [4.78, 5) is 30.3. The summed E-state index contributed by atoms with van der Waals surface area (Å²) in [5.74, 6) is -0.446. The molecule has 2 N–H and O–H groups in total. The normalized spacial score (nSPS) is 13.9. The van der Waals surface area contributed by atoms with E-state index in [4.69, 9.17) is 4.74 Å². The molecule has 3 aromatic rings. The zero-order valence-corrected chi connectivity index (χ0v) is 17.2. The van der Waals surface area contributed by atoms with Crippen molar-refractivity contribution in [1.82, 2.24) is 4.98 Å². The maximum Gasteiger partial charge on any atom is 0.261 e. The fourth-order valence-electron chi connectivity index (χ4n) is 3.32. The molecule has 0 radical (unpaired) electrons. The van der Waals surface area contributed by atoms with Gasteiger partial charge in [-0.2, -0.15) is 0 Å². The van der Waals surface area contributed by atoms with Crippen molar-refractivity contribution < 1.29 is 9.53 Å². The van der Waals surface area contributed by atoms with E-state index in [1.807, 2.05) is 48.5 Å².